The molecule has 0 spiro atoms. The van der Waals surface area contributed by atoms with Gasteiger partial charge < -0.3 is 9.64 Å². The number of piperidine rings is 1. The van der Waals surface area contributed by atoms with Gasteiger partial charge in [-0.1, -0.05) is 0 Å². The van der Waals surface area contributed by atoms with Crippen molar-refractivity contribution < 1.29 is 9.53 Å². The maximum Gasteiger partial charge on any atom is 0.219 e. The molecule has 0 radical (unpaired) electrons. The van der Waals surface area contributed by atoms with E-state index in [1.54, 1.807) is 6.92 Å². The van der Waals surface area contributed by atoms with Crippen LogP contribution in [0.25, 0.3) is 0 Å². The van der Waals surface area contributed by atoms with Crippen molar-refractivity contribution in [2.45, 2.75) is 58.8 Å². The number of carbonyl (C=O) groups is 1. The van der Waals surface area contributed by atoms with Crippen LogP contribution in [0.1, 0.15) is 40.5 Å². The third kappa shape index (κ3) is 2.98. The van der Waals surface area contributed by atoms with Gasteiger partial charge in [-0.2, -0.15) is 0 Å². The van der Waals surface area contributed by atoms with Gasteiger partial charge in [0.25, 0.3) is 0 Å². The number of likely N-dealkylation sites (tertiary alicyclic amines) is 1. The van der Waals surface area contributed by atoms with Crippen molar-refractivity contribution in [3.8, 4) is 0 Å². The molecule has 82 valence electrons. The summed E-state index contributed by atoms with van der Waals surface area (Å²) in [6.07, 6.45) is 2.57. The number of hydrogen-bond donors (Lipinski definition) is 0. The maximum atomic E-state index is 11.2. The molecule has 1 heterocycles. The molecule has 1 saturated heterocycles. The summed E-state index contributed by atoms with van der Waals surface area (Å²) in [7, 11) is 0. The van der Waals surface area contributed by atoms with Crippen LogP contribution in [0.15, 0.2) is 0 Å². The molecule has 0 bridgehead atoms. The molecule has 3 nitrogen and oxygen atoms in total. The Hall–Kier alpha value is -0.570. The molecular weight excluding hydrogens is 178 g/mol. The van der Waals surface area contributed by atoms with E-state index in [0.29, 0.717) is 12.1 Å². The van der Waals surface area contributed by atoms with E-state index >= 15 is 0 Å². The molecule has 2 unspecified atom stereocenters. The van der Waals surface area contributed by atoms with Gasteiger partial charge in [0.15, 0.2) is 0 Å². The minimum atomic E-state index is 0.181. The van der Waals surface area contributed by atoms with Crippen molar-refractivity contribution >= 4 is 5.91 Å². The van der Waals surface area contributed by atoms with E-state index in [-0.39, 0.29) is 12.0 Å². The van der Waals surface area contributed by atoms with Gasteiger partial charge in [-0.25, -0.2) is 0 Å². The van der Waals surface area contributed by atoms with Crippen LogP contribution in [0.4, 0.5) is 0 Å². The fourth-order valence-electron chi connectivity index (χ4n) is 2.11. The quantitative estimate of drug-likeness (QED) is 0.679. The van der Waals surface area contributed by atoms with Gasteiger partial charge in [0, 0.05) is 19.5 Å². The Morgan fingerprint density at radius 2 is 2.14 bits per heavy atom. The molecule has 1 rings (SSSR count). The van der Waals surface area contributed by atoms with Crippen molar-refractivity contribution in [2.24, 2.45) is 0 Å². The molecule has 0 aromatic rings. The monoisotopic (exact) mass is 199 g/mol. The normalized spacial score (nSPS) is 28.2. The first-order chi connectivity index (χ1) is 6.50. The summed E-state index contributed by atoms with van der Waals surface area (Å²) in [6.45, 7) is 8.69. The Kier molecular flexibility index (Phi) is 3.93. The van der Waals surface area contributed by atoms with Gasteiger partial charge in [-0.05, 0) is 33.6 Å². The predicted molar refractivity (Wildman–Crippen MR) is 56.1 cm³/mol. The SMILES string of the molecule is CC(=O)N1CCC(OC(C)C)CC1C. The van der Waals surface area contributed by atoms with Gasteiger partial charge in [-0.3, -0.25) is 4.79 Å². The van der Waals surface area contributed by atoms with Crippen LogP contribution < -0.4 is 0 Å². The van der Waals surface area contributed by atoms with Crippen LogP contribution in [0, 0.1) is 0 Å². The second-order valence-corrected chi connectivity index (χ2v) is 4.39. The number of hydrogen-bond acceptors (Lipinski definition) is 2. The van der Waals surface area contributed by atoms with Crippen LogP contribution >= 0.6 is 0 Å². The van der Waals surface area contributed by atoms with E-state index in [0.717, 1.165) is 19.4 Å². The average molecular weight is 199 g/mol. The zero-order valence-electron chi connectivity index (χ0n) is 9.62. The summed E-state index contributed by atoms with van der Waals surface area (Å²) in [6, 6.07) is 0.324. The molecule has 0 aliphatic carbocycles. The zero-order valence-corrected chi connectivity index (χ0v) is 9.62. The van der Waals surface area contributed by atoms with Gasteiger partial charge >= 0.3 is 0 Å². The van der Waals surface area contributed by atoms with E-state index in [1.807, 2.05) is 4.90 Å². The smallest absolute Gasteiger partial charge is 0.219 e. The van der Waals surface area contributed by atoms with Gasteiger partial charge in [0.1, 0.15) is 0 Å². The second kappa shape index (κ2) is 4.78. The van der Waals surface area contributed by atoms with Crippen molar-refractivity contribution in [3.05, 3.63) is 0 Å². The Labute approximate surface area is 86.4 Å². The second-order valence-electron chi connectivity index (χ2n) is 4.39. The predicted octanol–water partition coefficient (Wildman–Crippen LogP) is 1.81. The molecule has 1 fully saturated rings. The largest absolute Gasteiger partial charge is 0.375 e. The number of rotatable bonds is 2. The van der Waals surface area contributed by atoms with E-state index in [4.69, 9.17) is 4.74 Å². The number of ether oxygens (including phenoxy) is 1. The lowest BCUT2D eigenvalue weighted by molar-refractivity contribution is -0.135. The zero-order chi connectivity index (χ0) is 10.7. The first kappa shape index (κ1) is 11.5. The lowest BCUT2D eigenvalue weighted by atomic mass is 10.0. The molecule has 3 heteroatoms. The summed E-state index contributed by atoms with van der Waals surface area (Å²) in [5.74, 6) is 0.181. The summed E-state index contributed by atoms with van der Waals surface area (Å²) in [5.41, 5.74) is 0. The average Bonchev–Trinajstić information content (AvgIpc) is 2.01. The van der Waals surface area contributed by atoms with E-state index in [1.165, 1.54) is 0 Å². The van der Waals surface area contributed by atoms with Crippen LogP contribution in [0.3, 0.4) is 0 Å². The lowest BCUT2D eigenvalue weighted by Crippen LogP contribution is -2.46. The first-order valence-electron chi connectivity index (χ1n) is 5.43. The van der Waals surface area contributed by atoms with E-state index < -0.39 is 0 Å². The molecular formula is C11H21NO2. The topological polar surface area (TPSA) is 29.5 Å². The molecule has 1 aliphatic rings. The molecule has 0 saturated carbocycles. The Morgan fingerprint density at radius 1 is 1.50 bits per heavy atom. The van der Waals surface area contributed by atoms with Crippen LogP contribution in [0.2, 0.25) is 0 Å². The number of nitrogens with zero attached hydrogens (tertiary/aromatic N) is 1. The highest BCUT2D eigenvalue weighted by molar-refractivity contribution is 5.73. The van der Waals surface area contributed by atoms with Gasteiger partial charge in [0.05, 0.1) is 12.2 Å². The fourth-order valence-corrected chi connectivity index (χ4v) is 2.11. The number of carbonyl (C=O) groups excluding carboxylic acids is 1. The van der Waals surface area contributed by atoms with Crippen molar-refractivity contribution in [3.63, 3.8) is 0 Å². The molecule has 2 atom stereocenters. The highest BCUT2D eigenvalue weighted by atomic mass is 16.5. The Balaban J connectivity index is 2.42. The lowest BCUT2D eigenvalue weighted by Gasteiger charge is -2.37. The standard InChI is InChI=1S/C11H21NO2/c1-8(2)14-11-5-6-12(10(4)13)9(3)7-11/h8-9,11H,5-7H2,1-4H3. The third-order valence-electron chi connectivity index (χ3n) is 2.70. The highest BCUT2D eigenvalue weighted by Gasteiger charge is 2.27. The summed E-state index contributed by atoms with van der Waals surface area (Å²) < 4.78 is 5.75. The first-order valence-corrected chi connectivity index (χ1v) is 5.43. The van der Waals surface area contributed by atoms with Crippen molar-refractivity contribution in [2.75, 3.05) is 6.54 Å². The molecule has 0 aromatic heterocycles. The number of amides is 1. The van der Waals surface area contributed by atoms with Crippen LogP contribution in [0.5, 0.6) is 0 Å². The van der Waals surface area contributed by atoms with Gasteiger partial charge in [0.2, 0.25) is 5.91 Å². The van der Waals surface area contributed by atoms with Crippen LogP contribution in [-0.4, -0.2) is 35.6 Å². The van der Waals surface area contributed by atoms with Crippen molar-refractivity contribution in [1.82, 2.24) is 4.90 Å². The van der Waals surface area contributed by atoms with Gasteiger partial charge in [-0.15, -0.1) is 0 Å². The minimum absolute atomic E-state index is 0.181. The Morgan fingerprint density at radius 3 is 2.57 bits per heavy atom. The summed E-state index contributed by atoms with van der Waals surface area (Å²) >= 11 is 0. The summed E-state index contributed by atoms with van der Waals surface area (Å²) in [5, 5.41) is 0. The van der Waals surface area contributed by atoms with Crippen molar-refractivity contribution in [1.29, 1.82) is 0 Å². The fraction of sp³-hybridized carbons (Fsp3) is 0.909. The maximum absolute atomic E-state index is 11.2. The molecule has 1 aliphatic heterocycles. The van der Waals surface area contributed by atoms with E-state index in [2.05, 4.69) is 20.8 Å². The summed E-state index contributed by atoms with van der Waals surface area (Å²) in [4.78, 5) is 13.2. The minimum Gasteiger partial charge on any atom is -0.375 e. The molecule has 14 heavy (non-hydrogen) atoms. The van der Waals surface area contributed by atoms with E-state index in [9.17, 15) is 4.79 Å². The highest BCUT2D eigenvalue weighted by Crippen LogP contribution is 2.20. The third-order valence-corrected chi connectivity index (χ3v) is 2.70. The molecule has 0 N–H and O–H groups in total. The molecule has 0 aromatic carbocycles. The van der Waals surface area contributed by atoms with Crippen LogP contribution in [-0.2, 0) is 9.53 Å². The Bertz CT molecular complexity index is 203. The molecule has 1 amide bonds.